The molecule has 1 aromatic rings. The van der Waals surface area contributed by atoms with E-state index in [1.807, 2.05) is 0 Å². The molecular formula is C20H30. The van der Waals surface area contributed by atoms with E-state index in [4.69, 9.17) is 0 Å². The molecule has 0 aromatic heterocycles. The Morgan fingerprint density at radius 1 is 0.800 bits per heavy atom. The minimum atomic E-state index is 0.825. The third-order valence-electron chi connectivity index (χ3n) is 5.59. The zero-order valence-corrected chi connectivity index (χ0v) is 13.1. The maximum Gasteiger partial charge on any atom is -0.0162 e. The van der Waals surface area contributed by atoms with Gasteiger partial charge < -0.3 is 0 Å². The van der Waals surface area contributed by atoms with Crippen molar-refractivity contribution in [2.75, 3.05) is 0 Å². The first-order valence-corrected chi connectivity index (χ1v) is 8.89. The van der Waals surface area contributed by atoms with E-state index < -0.39 is 0 Å². The number of rotatable bonds is 1. The molecule has 3 rings (SSSR count). The van der Waals surface area contributed by atoms with Gasteiger partial charge in [-0.1, -0.05) is 74.8 Å². The van der Waals surface area contributed by atoms with Gasteiger partial charge in [0.15, 0.2) is 0 Å². The molecule has 0 nitrogen and oxygen atoms in total. The maximum absolute atomic E-state index is 2.43. The van der Waals surface area contributed by atoms with Gasteiger partial charge in [-0.05, 0) is 49.5 Å². The molecule has 2 saturated carbocycles. The van der Waals surface area contributed by atoms with Crippen LogP contribution in [0.4, 0.5) is 0 Å². The summed E-state index contributed by atoms with van der Waals surface area (Å²) in [7, 11) is 0. The van der Waals surface area contributed by atoms with Gasteiger partial charge in [-0.25, -0.2) is 0 Å². The summed E-state index contributed by atoms with van der Waals surface area (Å²) in [6.07, 6.45) is 14.8. The number of aryl methyl sites for hydroxylation is 1. The van der Waals surface area contributed by atoms with Crippen molar-refractivity contribution in [2.45, 2.75) is 77.0 Å². The van der Waals surface area contributed by atoms with Crippen LogP contribution in [0.2, 0.25) is 0 Å². The molecule has 0 amide bonds. The van der Waals surface area contributed by atoms with Gasteiger partial charge in [0.1, 0.15) is 0 Å². The van der Waals surface area contributed by atoms with Crippen molar-refractivity contribution in [3.05, 3.63) is 35.4 Å². The van der Waals surface area contributed by atoms with E-state index in [1.165, 1.54) is 63.4 Å². The van der Waals surface area contributed by atoms with Crippen molar-refractivity contribution in [1.29, 1.82) is 0 Å². The average molecular weight is 270 g/mol. The molecule has 110 valence electrons. The highest BCUT2D eigenvalue weighted by Gasteiger charge is 2.35. The van der Waals surface area contributed by atoms with Crippen molar-refractivity contribution in [1.82, 2.24) is 0 Å². The van der Waals surface area contributed by atoms with E-state index >= 15 is 0 Å². The summed E-state index contributed by atoms with van der Waals surface area (Å²) in [6, 6.07) is 9.27. The number of benzene rings is 1. The molecular weight excluding hydrogens is 240 g/mol. The molecule has 0 bridgehead atoms. The zero-order valence-electron chi connectivity index (χ0n) is 13.1. The molecule has 0 saturated heterocycles. The Kier molecular flexibility index (Phi) is 4.81. The zero-order chi connectivity index (χ0) is 13.8. The van der Waals surface area contributed by atoms with Crippen LogP contribution in [0.25, 0.3) is 0 Å². The molecule has 3 atom stereocenters. The first-order valence-electron chi connectivity index (χ1n) is 8.89. The summed E-state index contributed by atoms with van der Waals surface area (Å²) >= 11 is 0. The fraction of sp³-hybridized carbons (Fsp3) is 0.700. The topological polar surface area (TPSA) is 0 Å². The van der Waals surface area contributed by atoms with Gasteiger partial charge in [0.2, 0.25) is 0 Å². The van der Waals surface area contributed by atoms with Gasteiger partial charge in [0.25, 0.3) is 0 Å². The molecule has 2 aliphatic rings. The highest BCUT2D eigenvalue weighted by atomic mass is 14.4. The lowest BCUT2D eigenvalue weighted by Crippen LogP contribution is -2.01. The molecule has 0 heterocycles. The van der Waals surface area contributed by atoms with Crippen molar-refractivity contribution in [3.8, 4) is 0 Å². The predicted octanol–water partition coefficient (Wildman–Crippen LogP) is 6.24. The molecule has 2 fully saturated rings. The summed E-state index contributed by atoms with van der Waals surface area (Å²) in [6.45, 7) is 2.23. The fourth-order valence-corrected chi connectivity index (χ4v) is 4.20. The van der Waals surface area contributed by atoms with E-state index in [0.29, 0.717) is 0 Å². The number of hydrogen-bond donors (Lipinski definition) is 0. The van der Waals surface area contributed by atoms with E-state index in [9.17, 15) is 0 Å². The van der Waals surface area contributed by atoms with E-state index in [-0.39, 0.29) is 0 Å². The smallest absolute Gasteiger partial charge is 0.0162 e. The minimum absolute atomic E-state index is 0.825. The van der Waals surface area contributed by atoms with Crippen LogP contribution >= 0.6 is 0 Å². The molecule has 1 aromatic carbocycles. The highest BCUT2D eigenvalue weighted by molar-refractivity contribution is 5.25. The Bertz CT molecular complexity index is 420. The van der Waals surface area contributed by atoms with Crippen molar-refractivity contribution >= 4 is 0 Å². The van der Waals surface area contributed by atoms with E-state index in [2.05, 4.69) is 31.2 Å². The highest BCUT2D eigenvalue weighted by Crippen LogP contribution is 2.46. The fourth-order valence-electron chi connectivity index (χ4n) is 4.20. The third kappa shape index (κ3) is 3.87. The Hall–Kier alpha value is -0.780. The second kappa shape index (κ2) is 6.78. The lowest BCUT2D eigenvalue weighted by molar-refractivity contribution is 0.458. The Balaban J connectivity index is 1.62. The third-order valence-corrected chi connectivity index (χ3v) is 5.59. The van der Waals surface area contributed by atoms with Crippen LogP contribution in [0.3, 0.4) is 0 Å². The number of hydrogen-bond acceptors (Lipinski definition) is 0. The molecule has 0 heteroatoms. The average Bonchev–Trinajstić information content (AvgIpc) is 3.17. The quantitative estimate of drug-likeness (QED) is 0.566. The second-order valence-corrected chi connectivity index (χ2v) is 7.29. The number of fused-ring (bicyclic) bond motifs is 1. The predicted molar refractivity (Wildman–Crippen MR) is 87.1 cm³/mol. The van der Waals surface area contributed by atoms with E-state index in [1.54, 1.807) is 12.0 Å². The molecule has 0 spiro atoms. The normalized spacial score (nSPS) is 31.8. The summed E-state index contributed by atoms with van der Waals surface area (Å²) in [4.78, 5) is 0. The van der Waals surface area contributed by atoms with Crippen LogP contribution < -0.4 is 0 Å². The molecule has 0 radical (unpaired) electrons. The van der Waals surface area contributed by atoms with Gasteiger partial charge >= 0.3 is 0 Å². The van der Waals surface area contributed by atoms with Crippen LogP contribution in [0.15, 0.2) is 24.3 Å². The molecule has 2 aliphatic carbocycles. The van der Waals surface area contributed by atoms with Crippen molar-refractivity contribution in [3.63, 3.8) is 0 Å². The standard InChI is InChI=1S/C20H30/c1-16-8-6-12-18(14-16)17-9-4-2-3-5-10-19-15-20(19)13-7-11-17/h6,8,12,14,17,19-20H,2-5,7,9-11,13,15H2,1H3. The molecule has 0 N–H and O–H groups in total. The van der Waals surface area contributed by atoms with Crippen LogP contribution in [0.1, 0.15) is 81.3 Å². The monoisotopic (exact) mass is 270 g/mol. The second-order valence-electron chi connectivity index (χ2n) is 7.29. The summed E-state index contributed by atoms with van der Waals surface area (Å²) in [5.74, 6) is 3.05. The maximum atomic E-state index is 2.43. The van der Waals surface area contributed by atoms with Crippen molar-refractivity contribution in [2.24, 2.45) is 11.8 Å². The first-order chi connectivity index (χ1) is 9.83. The van der Waals surface area contributed by atoms with Crippen LogP contribution in [0, 0.1) is 18.8 Å². The first kappa shape index (κ1) is 14.2. The van der Waals surface area contributed by atoms with Crippen LogP contribution in [-0.4, -0.2) is 0 Å². The van der Waals surface area contributed by atoms with Crippen molar-refractivity contribution < 1.29 is 0 Å². The van der Waals surface area contributed by atoms with Gasteiger partial charge in [-0.15, -0.1) is 0 Å². The Morgan fingerprint density at radius 3 is 2.30 bits per heavy atom. The van der Waals surface area contributed by atoms with Crippen LogP contribution in [0.5, 0.6) is 0 Å². The van der Waals surface area contributed by atoms with Gasteiger partial charge in [-0.2, -0.15) is 0 Å². The summed E-state index contributed by atoms with van der Waals surface area (Å²) in [5, 5.41) is 0. The van der Waals surface area contributed by atoms with Gasteiger partial charge in [-0.3, -0.25) is 0 Å². The molecule has 3 unspecified atom stereocenters. The minimum Gasteiger partial charge on any atom is -0.0617 e. The largest absolute Gasteiger partial charge is 0.0617 e. The summed E-state index contributed by atoms with van der Waals surface area (Å²) < 4.78 is 0. The van der Waals surface area contributed by atoms with Gasteiger partial charge in [0, 0.05) is 0 Å². The molecule has 20 heavy (non-hydrogen) atoms. The molecule has 0 aliphatic heterocycles. The Labute approximate surface area is 125 Å². The lowest BCUT2D eigenvalue weighted by atomic mass is 9.87. The summed E-state index contributed by atoms with van der Waals surface area (Å²) in [5.41, 5.74) is 3.03. The lowest BCUT2D eigenvalue weighted by Gasteiger charge is -2.18. The van der Waals surface area contributed by atoms with E-state index in [0.717, 1.165) is 17.8 Å². The Morgan fingerprint density at radius 2 is 1.50 bits per heavy atom. The SMILES string of the molecule is Cc1cccc(C2CCCCCCC3CC3CCC2)c1. The van der Waals surface area contributed by atoms with Crippen LogP contribution in [-0.2, 0) is 0 Å². The van der Waals surface area contributed by atoms with Gasteiger partial charge in [0.05, 0.1) is 0 Å².